The summed E-state index contributed by atoms with van der Waals surface area (Å²) >= 11 is 3.36. The molecular weight excluding hydrogens is 460 g/mol. The summed E-state index contributed by atoms with van der Waals surface area (Å²) in [5, 5.41) is 34.3. The van der Waals surface area contributed by atoms with Gasteiger partial charge in [0, 0.05) is 33.8 Å². The maximum absolute atomic E-state index is 11.7. The summed E-state index contributed by atoms with van der Waals surface area (Å²) in [7, 11) is 0. The van der Waals surface area contributed by atoms with Gasteiger partial charge in [-0.15, -0.1) is 0 Å². The van der Waals surface area contributed by atoms with Crippen LogP contribution in [0.3, 0.4) is 0 Å². The molecule has 0 fully saturated rings. The van der Waals surface area contributed by atoms with E-state index >= 15 is 0 Å². The fourth-order valence-electron chi connectivity index (χ4n) is 3.32. The number of nitrogens with zero attached hydrogens (tertiary/aromatic N) is 4. The molecule has 0 spiro atoms. The molecule has 11 heteroatoms. The first-order valence-electron chi connectivity index (χ1n) is 8.37. The van der Waals surface area contributed by atoms with Crippen LogP contribution < -0.4 is 0 Å². The van der Waals surface area contributed by atoms with Gasteiger partial charge in [-0.3, -0.25) is 30.3 Å². The lowest BCUT2D eigenvalue weighted by Crippen LogP contribution is -2.01. The molecule has 0 radical (unpaired) electrons. The van der Waals surface area contributed by atoms with Crippen LogP contribution in [0.4, 0.5) is 22.7 Å². The van der Waals surface area contributed by atoms with Crippen LogP contribution in [0, 0.1) is 30.3 Å². The number of hydrogen-bond acceptors (Lipinski definition) is 7. The molecule has 10 nitrogen and oxygen atoms in total. The predicted molar refractivity (Wildman–Crippen MR) is 111 cm³/mol. The summed E-state index contributed by atoms with van der Waals surface area (Å²) in [6.07, 6.45) is 0. The van der Waals surface area contributed by atoms with Crippen molar-refractivity contribution in [3.05, 3.63) is 101 Å². The lowest BCUT2D eigenvalue weighted by Gasteiger charge is -2.04. The molecule has 0 atom stereocenters. The molecule has 1 aliphatic carbocycles. The first-order chi connectivity index (χ1) is 14.3. The number of non-ortho nitro benzene ring substituents is 2. The van der Waals surface area contributed by atoms with Gasteiger partial charge in [0.15, 0.2) is 0 Å². The number of rotatable bonds is 4. The Hall–Kier alpha value is -3.99. The Labute approximate surface area is 176 Å². The van der Waals surface area contributed by atoms with E-state index in [1.165, 1.54) is 24.3 Å². The highest BCUT2D eigenvalue weighted by Gasteiger charge is 2.36. The monoisotopic (exact) mass is 468 g/mol. The maximum Gasteiger partial charge on any atom is 0.284 e. The zero-order chi connectivity index (χ0) is 21.6. The van der Waals surface area contributed by atoms with Gasteiger partial charge in [-0.1, -0.05) is 12.1 Å². The Bertz CT molecular complexity index is 1300. The van der Waals surface area contributed by atoms with Gasteiger partial charge >= 0.3 is 0 Å². The number of nitro groups is 3. The summed E-state index contributed by atoms with van der Waals surface area (Å²) in [6.45, 7) is 0. The van der Waals surface area contributed by atoms with Crippen LogP contribution in [0.15, 0.2) is 64.1 Å². The second-order valence-corrected chi connectivity index (χ2v) is 7.15. The van der Waals surface area contributed by atoms with E-state index in [0.29, 0.717) is 21.3 Å². The molecule has 30 heavy (non-hydrogen) atoms. The van der Waals surface area contributed by atoms with Crippen molar-refractivity contribution in [3.8, 4) is 11.1 Å². The Kier molecular flexibility index (Phi) is 4.59. The zero-order valence-corrected chi connectivity index (χ0v) is 16.4. The molecule has 0 heterocycles. The summed E-state index contributed by atoms with van der Waals surface area (Å²) in [5.74, 6) is 0. The average Bonchev–Trinajstić information content (AvgIpc) is 3.01. The lowest BCUT2D eigenvalue weighted by atomic mass is 10.0. The van der Waals surface area contributed by atoms with Crippen molar-refractivity contribution in [2.45, 2.75) is 0 Å². The molecule has 0 unspecified atom stereocenters. The van der Waals surface area contributed by atoms with Crippen molar-refractivity contribution < 1.29 is 14.8 Å². The summed E-state index contributed by atoms with van der Waals surface area (Å²) < 4.78 is 0.623. The topological polar surface area (TPSA) is 142 Å². The minimum Gasteiger partial charge on any atom is -0.258 e. The smallest absolute Gasteiger partial charge is 0.258 e. The first-order valence-corrected chi connectivity index (χ1v) is 9.17. The van der Waals surface area contributed by atoms with E-state index in [4.69, 9.17) is 0 Å². The molecule has 0 aromatic heterocycles. The zero-order valence-electron chi connectivity index (χ0n) is 14.8. The van der Waals surface area contributed by atoms with Gasteiger partial charge in [-0.05, 0) is 39.7 Å². The second-order valence-electron chi connectivity index (χ2n) is 6.30. The standard InChI is InChI=1S/C19H9BrN4O6/c20-15-3-1-2-4-16(15)21-19-13-7-10(22(25)26)5-6-12(13)18-14(19)8-11(23(27)28)9-17(18)24(29)30/h1-9H. The average molecular weight is 469 g/mol. The van der Waals surface area contributed by atoms with E-state index < -0.39 is 26.1 Å². The molecule has 0 bridgehead atoms. The number of fused-ring (bicyclic) bond motifs is 3. The highest BCUT2D eigenvalue weighted by atomic mass is 79.9. The number of para-hydroxylation sites is 1. The number of nitro benzene ring substituents is 3. The molecule has 0 aliphatic heterocycles. The highest BCUT2D eigenvalue weighted by Crippen LogP contribution is 2.46. The summed E-state index contributed by atoms with van der Waals surface area (Å²) in [5.41, 5.74) is 0.437. The van der Waals surface area contributed by atoms with Gasteiger partial charge in [0.2, 0.25) is 0 Å². The van der Waals surface area contributed by atoms with Crippen molar-refractivity contribution in [2.75, 3.05) is 0 Å². The lowest BCUT2D eigenvalue weighted by molar-refractivity contribution is -0.393. The van der Waals surface area contributed by atoms with E-state index in [0.717, 1.165) is 6.07 Å². The van der Waals surface area contributed by atoms with Crippen LogP contribution in [0.25, 0.3) is 11.1 Å². The Balaban J connectivity index is 2.11. The summed E-state index contributed by atoms with van der Waals surface area (Å²) in [4.78, 5) is 36.8. The molecular formula is C19H9BrN4O6. The maximum atomic E-state index is 11.7. The molecule has 0 amide bonds. The SMILES string of the molecule is O=[N+]([O-])c1ccc2c(c1)C(=Nc1ccccc1Br)c1cc([N+](=O)[O-])cc([N+](=O)[O-])c1-2. The van der Waals surface area contributed by atoms with E-state index in [-0.39, 0.29) is 22.5 Å². The van der Waals surface area contributed by atoms with Crippen molar-refractivity contribution in [3.63, 3.8) is 0 Å². The van der Waals surface area contributed by atoms with Crippen molar-refractivity contribution >= 4 is 44.4 Å². The number of benzene rings is 3. The molecule has 3 aromatic carbocycles. The number of aliphatic imine (C=N–C) groups is 1. The van der Waals surface area contributed by atoms with Crippen molar-refractivity contribution in [1.29, 1.82) is 0 Å². The predicted octanol–water partition coefficient (Wildman–Crippen LogP) is 5.32. The van der Waals surface area contributed by atoms with Crippen LogP contribution >= 0.6 is 15.9 Å². The van der Waals surface area contributed by atoms with E-state index in [1.54, 1.807) is 24.3 Å². The molecule has 0 N–H and O–H groups in total. The van der Waals surface area contributed by atoms with E-state index in [9.17, 15) is 30.3 Å². The molecule has 0 saturated carbocycles. The van der Waals surface area contributed by atoms with Crippen LogP contribution in [-0.4, -0.2) is 20.5 Å². The second kappa shape index (κ2) is 7.12. The Morgan fingerprint density at radius 1 is 0.733 bits per heavy atom. The van der Waals surface area contributed by atoms with Crippen LogP contribution in [0.5, 0.6) is 0 Å². The van der Waals surface area contributed by atoms with Crippen molar-refractivity contribution in [2.24, 2.45) is 4.99 Å². The third kappa shape index (κ3) is 3.10. The largest absolute Gasteiger partial charge is 0.284 e. The van der Waals surface area contributed by atoms with Crippen LogP contribution in [0.1, 0.15) is 11.1 Å². The molecule has 3 aromatic rings. The van der Waals surface area contributed by atoms with E-state index in [2.05, 4.69) is 20.9 Å². The van der Waals surface area contributed by atoms with Gasteiger partial charge in [-0.25, -0.2) is 4.99 Å². The van der Waals surface area contributed by atoms with Gasteiger partial charge < -0.3 is 0 Å². The number of hydrogen-bond donors (Lipinski definition) is 0. The molecule has 1 aliphatic rings. The quantitative estimate of drug-likeness (QED) is 0.292. The van der Waals surface area contributed by atoms with Crippen LogP contribution in [0.2, 0.25) is 0 Å². The Morgan fingerprint density at radius 2 is 1.40 bits per heavy atom. The van der Waals surface area contributed by atoms with E-state index in [1.807, 2.05) is 0 Å². The number of halogens is 1. The fraction of sp³-hybridized carbons (Fsp3) is 0. The third-order valence-corrected chi connectivity index (χ3v) is 5.26. The van der Waals surface area contributed by atoms with Gasteiger partial charge in [-0.2, -0.15) is 0 Å². The normalized spacial score (nSPS) is 13.0. The van der Waals surface area contributed by atoms with Crippen LogP contribution in [-0.2, 0) is 0 Å². The van der Waals surface area contributed by atoms with Gasteiger partial charge in [0.05, 0.1) is 37.8 Å². The van der Waals surface area contributed by atoms with Gasteiger partial charge in [0.25, 0.3) is 17.1 Å². The summed E-state index contributed by atoms with van der Waals surface area (Å²) in [6, 6.07) is 12.9. The van der Waals surface area contributed by atoms with Crippen molar-refractivity contribution in [1.82, 2.24) is 0 Å². The minimum atomic E-state index is -0.727. The van der Waals surface area contributed by atoms with Gasteiger partial charge in [0.1, 0.15) is 0 Å². The Morgan fingerprint density at radius 3 is 2.03 bits per heavy atom. The molecule has 0 saturated heterocycles. The fourth-order valence-corrected chi connectivity index (χ4v) is 3.69. The minimum absolute atomic E-state index is 0.140. The molecule has 4 rings (SSSR count). The first kappa shape index (κ1) is 19.3. The highest BCUT2D eigenvalue weighted by molar-refractivity contribution is 9.10. The third-order valence-electron chi connectivity index (χ3n) is 4.59. The molecule has 148 valence electrons.